The number of nitrogens with two attached hydrogens (primary N) is 1. The van der Waals surface area contributed by atoms with Crippen LogP contribution in [0, 0.1) is 0 Å². The summed E-state index contributed by atoms with van der Waals surface area (Å²) in [7, 11) is 1.34. The molecule has 0 bridgehead atoms. The quantitative estimate of drug-likeness (QED) is 0.468. The minimum atomic E-state index is -0.561. The molecule has 2 aromatic rings. The molecule has 0 aliphatic carbocycles. The van der Waals surface area contributed by atoms with Gasteiger partial charge in [-0.3, -0.25) is 0 Å². The van der Waals surface area contributed by atoms with Crippen LogP contribution in [0.25, 0.3) is 5.95 Å². The monoisotopic (exact) mass is 197 g/mol. The second kappa shape index (κ2) is 2.58. The molecule has 0 amide bonds. The molecule has 4 N–H and O–H groups in total. The lowest BCUT2D eigenvalue weighted by Gasteiger charge is -1.88. The molecule has 2 heterocycles. The number of rotatable bonds is 1. The highest BCUT2D eigenvalue weighted by Crippen LogP contribution is 1.93. The molecule has 0 atom stereocenters. The van der Waals surface area contributed by atoms with Crippen molar-refractivity contribution >= 4 is 5.95 Å². The molecule has 0 aliphatic heterocycles. The first-order chi connectivity index (χ1) is 6.59. The van der Waals surface area contributed by atoms with Crippen LogP contribution in [0.5, 0.6) is 0 Å². The lowest BCUT2D eigenvalue weighted by atomic mass is 10.9. The third-order valence-corrected chi connectivity index (χ3v) is 1.68. The highest BCUT2D eigenvalue weighted by molar-refractivity contribution is 5.19. The molecule has 0 aliphatic rings. The van der Waals surface area contributed by atoms with Gasteiger partial charge in [0.2, 0.25) is 5.95 Å². The largest absolute Gasteiger partial charge is 0.368 e. The minimum absolute atomic E-state index is 0.00481. The Morgan fingerprint density at radius 3 is 2.57 bits per heavy atom. The highest BCUT2D eigenvalue weighted by atomic mass is 16.2. The molecule has 0 spiro atoms. The van der Waals surface area contributed by atoms with Crippen molar-refractivity contribution in [3.63, 3.8) is 0 Å². The summed E-state index contributed by atoms with van der Waals surface area (Å²) < 4.78 is 1.79. The molecule has 9 nitrogen and oxygen atoms in total. The number of anilines is 1. The summed E-state index contributed by atoms with van der Waals surface area (Å²) in [5.41, 5.74) is 4.16. The van der Waals surface area contributed by atoms with Crippen molar-refractivity contribution in [2.45, 2.75) is 0 Å². The van der Waals surface area contributed by atoms with Gasteiger partial charge in [-0.25, -0.2) is 24.4 Å². The van der Waals surface area contributed by atoms with Gasteiger partial charge in [0.15, 0.2) is 0 Å². The van der Waals surface area contributed by atoms with E-state index < -0.39 is 11.4 Å². The predicted molar refractivity (Wildman–Crippen MR) is 46.0 cm³/mol. The van der Waals surface area contributed by atoms with Crippen molar-refractivity contribution in [2.24, 2.45) is 7.05 Å². The van der Waals surface area contributed by atoms with Gasteiger partial charge in [-0.15, -0.1) is 5.10 Å². The zero-order chi connectivity index (χ0) is 10.3. The van der Waals surface area contributed by atoms with Crippen molar-refractivity contribution in [3.05, 3.63) is 21.0 Å². The van der Waals surface area contributed by atoms with Crippen LogP contribution < -0.4 is 17.1 Å². The molecule has 74 valence electrons. The van der Waals surface area contributed by atoms with Crippen LogP contribution in [-0.4, -0.2) is 29.5 Å². The van der Waals surface area contributed by atoms with Crippen molar-refractivity contribution < 1.29 is 0 Å². The van der Waals surface area contributed by atoms with Crippen LogP contribution in [-0.2, 0) is 7.05 Å². The summed E-state index contributed by atoms with van der Waals surface area (Å²) in [6, 6.07) is 0. The maximum Gasteiger partial charge on any atom is 0.354 e. The fourth-order valence-electron chi connectivity index (χ4n) is 0.956. The third-order valence-electron chi connectivity index (χ3n) is 1.68. The van der Waals surface area contributed by atoms with Gasteiger partial charge in [0.1, 0.15) is 0 Å². The number of aromatic amines is 2. The number of hydrogen-bond acceptors (Lipinski definition) is 5. The maximum absolute atomic E-state index is 11.4. The summed E-state index contributed by atoms with van der Waals surface area (Å²) in [6.45, 7) is 0. The van der Waals surface area contributed by atoms with Gasteiger partial charge >= 0.3 is 11.4 Å². The first kappa shape index (κ1) is 8.29. The average Bonchev–Trinajstić information content (AvgIpc) is 2.66. The first-order valence-corrected chi connectivity index (χ1v) is 3.66. The summed E-state index contributed by atoms with van der Waals surface area (Å²) in [5.74, 6) is 0.0711. The number of hydrogen-bond donors (Lipinski definition) is 3. The first-order valence-electron chi connectivity index (χ1n) is 3.66. The Hall–Kier alpha value is -2.32. The Morgan fingerprint density at radius 1 is 1.43 bits per heavy atom. The van der Waals surface area contributed by atoms with Crippen molar-refractivity contribution in [1.82, 2.24) is 29.5 Å². The summed E-state index contributed by atoms with van der Waals surface area (Å²) in [5, 5.41) is 8.22. The Kier molecular flexibility index (Phi) is 1.53. The molecule has 14 heavy (non-hydrogen) atoms. The van der Waals surface area contributed by atoms with E-state index in [-0.39, 0.29) is 11.9 Å². The number of nitrogens with one attached hydrogen (secondary N) is 2. The van der Waals surface area contributed by atoms with E-state index in [0.717, 1.165) is 9.25 Å². The highest BCUT2D eigenvalue weighted by Gasteiger charge is 2.10. The zero-order valence-corrected chi connectivity index (χ0v) is 7.18. The topological polar surface area (TPSA) is 127 Å². The van der Waals surface area contributed by atoms with Crippen LogP contribution in [0.3, 0.4) is 0 Å². The van der Waals surface area contributed by atoms with Crippen LogP contribution in [0.1, 0.15) is 0 Å². The van der Waals surface area contributed by atoms with E-state index in [1.807, 2.05) is 0 Å². The average molecular weight is 197 g/mol. The Morgan fingerprint density at radius 2 is 2.14 bits per heavy atom. The number of aromatic nitrogens is 6. The van der Waals surface area contributed by atoms with E-state index in [1.165, 1.54) is 7.05 Å². The van der Waals surface area contributed by atoms with E-state index >= 15 is 0 Å². The molecule has 0 saturated carbocycles. The van der Waals surface area contributed by atoms with E-state index in [2.05, 4.69) is 20.3 Å². The molecule has 2 aromatic heterocycles. The predicted octanol–water partition coefficient (Wildman–Crippen LogP) is -2.44. The third kappa shape index (κ3) is 1.02. The van der Waals surface area contributed by atoms with Crippen LogP contribution in [0.2, 0.25) is 0 Å². The van der Waals surface area contributed by atoms with Crippen molar-refractivity contribution in [3.8, 4) is 5.95 Å². The van der Waals surface area contributed by atoms with Gasteiger partial charge in [-0.05, 0) is 0 Å². The SMILES string of the molecule is Cn1c(=O)[nH]n(-c2n[nH]c(N)n2)c1=O. The van der Waals surface area contributed by atoms with Gasteiger partial charge in [-0.2, -0.15) is 9.67 Å². The molecule has 0 radical (unpaired) electrons. The minimum Gasteiger partial charge on any atom is -0.368 e. The van der Waals surface area contributed by atoms with Gasteiger partial charge in [0.05, 0.1) is 0 Å². The van der Waals surface area contributed by atoms with Crippen molar-refractivity contribution in [1.29, 1.82) is 0 Å². The number of nitrogens with zero attached hydrogens (tertiary/aromatic N) is 4. The molecular weight excluding hydrogens is 190 g/mol. The molecule has 0 saturated heterocycles. The summed E-state index contributed by atoms with van der Waals surface area (Å²) in [4.78, 5) is 26.1. The van der Waals surface area contributed by atoms with E-state index in [9.17, 15) is 9.59 Å². The van der Waals surface area contributed by atoms with E-state index in [1.54, 1.807) is 0 Å². The molecule has 0 aromatic carbocycles. The smallest absolute Gasteiger partial charge is 0.354 e. The van der Waals surface area contributed by atoms with Crippen molar-refractivity contribution in [2.75, 3.05) is 5.73 Å². The summed E-state index contributed by atoms with van der Waals surface area (Å²) >= 11 is 0. The lowest BCUT2D eigenvalue weighted by molar-refractivity contribution is 0.758. The van der Waals surface area contributed by atoms with E-state index in [0.29, 0.717) is 0 Å². The van der Waals surface area contributed by atoms with Crippen LogP contribution in [0.4, 0.5) is 5.95 Å². The normalized spacial score (nSPS) is 10.6. The number of H-pyrrole nitrogens is 2. The maximum atomic E-state index is 11.4. The van der Waals surface area contributed by atoms with Gasteiger partial charge < -0.3 is 5.73 Å². The number of nitrogen functional groups attached to an aromatic ring is 1. The van der Waals surface area contributed by atoms with Crippen LogP contribution in [0.15, 0.2) is 9.59 Å². The zero-order valence-electron chi connectivity index (χ0n) is 7.18. The second-order valence-electron chi connectivity index (χ2n) is 2.61. The Bertz CT molecular complexity index is 569. The van der Waals surface area contributed by atoms with Gasteiger partial charge in [0, 0.05) is 7.05 Å². The molecule has 0 fully saturated rings. The fourth-order valence-corrected chi connectivity index (χ4v) is 0.956. The Balaban J connectivity index is 2.69. The molecule has 0 unspecified atom stereocenters. The molecular formula is C5H7N7O2. The fraction of sp³-hybridized carbons (Fsp3) is 0.200. The van der Waals surface area contributed by atoms with Gasteiger partial charge in [0.25, 0.3) is 5.95 Å². The Labute approximate surface area is 76.2 Å². The van der Waals surface area contributed by atoms with E-state index in [4.69, 9.17) is 5.73 Å². The van der Waals surface area contributed by atoms with Crippen LogP contribution >= 0.6 is 0 Å². The van der Waals surface area contributed by atoms with Gasteiger partial charge in [-0.1, -0.05) is 0 Å². The molecule has 2 rings (SSSR count). The summed E-state index contributed by atoms with van der Waals surface area (Å²) in [6.07, 6.45) is 0. The lowest BCUT2D eigenvalue weighted by Crippen LogP contribution is -2.25. The second-order valence-corrected chi connectivity index (χ2v) is 2.61. The molecule has 9 heteroatoms. The standard InChI is InChI=1S/C5H7N7O2/c1-11-4(13)10-12(5(11)14)3-7-2(6)8-9-3/h1H3,(H,10,13)(H3,6,7,8,9).